The molecule has 0 spiro atoms. The van der Waals surface area contributed by atoms with E-state index in [1.807, 2.05) is 0 Å². The molecule has 0 aliphatic carbocycles. The highest BCUT2D eigenvalue weighted by atomic mass is 14.8. The Hall–Kier alpha value is -0.660. The largest absolute Gasteiger partial charge is 0.295 e. The molecule has 0 fully saturated rings. The topological polar surface area (TPSA) is 24.7 Å². The fourth-order valence-corrected chi connectivity index (χ4v) is 2.59. The van der Waals surface area contributed by atoms with E-state index in [2.05, 4.69) is 66.4 Å². The van der Waals surface area contributed by atoms with Crippen molar-refractivity contribution in [3.63, 3.8) is 0 Å². The molecule has 2 nitrogen and oxygen atoms in total. The van der Waals surface area contributed by atoms with Crippen LogP contribution in [0, 0.1) is 11.8 Å². The third-order valence-corrected chi connectivity index (χ3v) is 4.42. The van der Waals surface area contributed by atoms with E-state index in [1.54, 1.807) is 0 Å². The average molecular weight is 280 g/mol. The Labute approximate surface area is 127 Å². The summed E-state index contributed by atoms with van der Waals surface area (Å²) in [5.41, 5.74) is 0.0761. The lowest BCUT2D eigenvalue weighted by molar-refractivity contribution is 0.327. The Morgan fingerprint density at radius 1 is 1.10 bits per heavy atom. The maximum absolute atomic E-state index is 4.80. The predicted molar refractivity (Wildman–Crippen MR) is 93.3 cm³/mol. The lowest BCUT2D eigenvalue weighted by atomic mass is 9.86. The molecule has 0 saturated carbocycles. The monoisotopic (exact) mass is 280 g/mol. The van der Waals surface area contributed by atoms with Crippen molar-refractivity contribution < 1.29 is 0 Å². The Bertz CT molecular complexity index is 303. The van der Waals surface area contributed by atoms with Crippen molar-refractivity contribution in [3.05, 3.63) is 0 Å². The highest BCUT2D eigenvalue weighted by molar-refractivity contribution is 5.57. The van der Waals surface area contributed by atoms with Crippen LogP contribution in [0.25, 0.3) is 0 Å². The summed E-state index contributed by atoms with van der Waals surface area (Å²) in [6.45, 7) is 19.3. The molecule has 0 heterocycles. The van der Waals surface area contributed by atoms with Crippen LogP contribution in [0.3, 0.4) is 0 Å². The van der Waals surface area contributed by atoms with Gasteiger partial charge in [0, 0.05) is 0 Å². The molecule has 2 atom stereocenters. The molecule has 0 aromatic rings. The van der Waals surface area contributed by atoms with Crippen LogP contribution in [0.2, 0.25) is 0 Å². The minimum Gasteiger partial charge on any atom is -0.295 e. The van der Waals surface area contributed by atoms with Gasteiger partial charge in [0.05, 0.1) is 11.1 Å². The molecule has 2 unspecified atom stereocenters. The van der Waals surface area contributed by atoms with Crippen molar-refractivity contribution in [2.75, 3.05) is 0 Å². The molecule has 118 valence electrons. The highest BCUT2D eigenvalue weighted by Gasteiger charge is 2.23. The molecule has 0 bridgehead atoms. The van der Waals surface area contributed by atoms with Gasteiger partial charge in [-0.2, -0.15) is 0 Å². The van der Waals surface area contributed by atoms with Gasteiger partial charge < -0.3 is 0 Å². The molecule has 0 radical (unpaired) electrons. The van der Waals surface area contributed by atoms with Crippen LogP contribution in [0.4, 0.5) is 0 Å². The predicted octanol–water partition coefficient (Wildman–Crippen LogP) is 5.56. The first-order chi connectivity index (χ1) is 9.14. The molecule has 0 amide bonds. The van der Waals surface area contributed by atoms with E-state index in [0.29, 0.717) is 11.8 Å². The SMILES string of the molecule is C=NC(C)(C)CC(C)CCC=NC(C)(C)C(C)CCC. The van der Waals surface area contributed by atoms with E-state index in [0.717, 1.165) is 12.8 Å². The Balaban J connectivity index is 4.16. The summed E-state index contributed by atoms with van der Waals surface area (Å²) in [4.78, 5) is 8.99. The lowest BCUT2D eigenvalue weighted by Gasteiger charge is -2.27. The Morgan fingerprint density at radius 2 is 1.70 bits per heavy atom. The maximum atomic E-state index is 4.80. The van der Waals surface area contributed by atoms with Crippen molar-refractivity contribution in [1.29, 1.82) is 0 Å². The van der Waals surface area contributed by atoms with E-state index in [9.17, 15) is 0 Å². The van der Waals surface area contributed by atoms with Gasteiger partial charge in [0.25, 0.3) is 0 Å². The summed E-state index contributed by atoms with van der Waals surface area (Å²) in [6, 6.07) is 0. The van der Waals surface area contributed by atoms with E-state index in [-0.39, 0.29) is 11.1 Å². The van der Waals surface area contributed by atoms with E-state index < -0.39 is 0 Å². The molecular formula is C18H36N2. The van der Waals surface area contributed by atoms with Crippen molar-refractivity contribution in [3.8, 4) is 0 Å². The quantitative estimate of drug-likeness (QED) is 0.468. The summed E-state index contributed by atoms with van der Waals surface area (Å²) in [7, 11) is 0. The van der Waals surface area contributed by atoms with E-state index in [4.69, 9.17) is 4.99 Å². The number of nitrogens with zero attached hydrogens (tertiary/aromatic N) is 2. The number of hydrogen-bond donors (Lipinski definition) is 0. The molecule has 0 N–H and O–H groups in total. The van der Waals surface area contributed by atoms with Gasteiger partial charge in [-0.05, 0) is 78.1 Å². The third kappa shape index (κ3) is 7.81. The maximum Gasteiger partial charge on any atom is 0.0573 e. The zero-order valence-corrected chi connectivity index (χ0v) is 14.9. The average Bonchev–Trinajstić information content (AvgIpc) is 2.34. The van der Waals surface area contributed by atoms with Gasteiger partial charge in [-0.25, -0.2) is 0 Å². The normalized spacial score (nSPS) is 16.4. The van der Waals surface area contributed by atoms with Crippen LogP contribution in [-0.4, -0.2) is 24.0 Å². The lowest BCUT2D eigenvalue weighted by Crippen LogP contribution is -2.27. The second kappa shape index (κ2) is 8.59. The second-order valence-corrected chi connectivity index (χ2v) is 7.51. The minimum absolute atomic E-state index is 0.00543. The van der Waals surface area contributed by atoms with Gasteiger partial charge in [-0.1, -0.05) is 27.2 Å². The highest BCUT2D eigenvalue weighted by Crippen LogP contribution is 2.26. The Morgan fingerprint density at radius 3 is 2.20 bits per heavy atom. The number of hydrogen-bond acceptors (Lipinski definition) is 2. The van der Waals surface area contributed by atoms with Gasteiger partial charge in [-0.15, -0.1) is 0 Å². The van der Waals surface area contributed by atoms with Crippen molar-refractivity contribution in [1.82, 2.24) is 0 Å². The third-order valence-electron chi connectivity index (χ3n) is 4.42. The van der Waals surface area contributed by atoms with Crippen molar-refractivity contribution in [2.24, 2.45) is 21.8 Å². The summed E-state index contributed by atoms with van der Waals surface area (Å²) in [6.07, 6.45) is 7.97. The second-order valence-electron chi connectivity index (χ2n) is 7.51. The van der Waals surface area contributed by atoms with E-state index in [1.165, 1.54) is 19.3 Å². The summed E-state index contributed by atoms with van der Waals surface area (Å²) in [5, 5.41) is 0. The Kier molecular flexibility index (Phi) is 8.30. The zero-order chi connectivity index (χ0) is 15.8. The van der Waals surface area contributed by atoms with Crippen LogP contribution in [0.1, 0.15) is 80.6 Å². The van der Waals surface area contributed by atoms with Crippen LogP contribution in [-0.2, 0) is 0 Å². The first-order valence-electron chi connectivity index (χ1n) is 8.16. The first-order valence-corrected chi connectivity index (χ1v) is 8.16. The molecule has 0 saturated heterocycles. The van der Waals surface area contributed by atoms with Crippen LogP contribution < -0.4 is 0 Å². The zero-order valence-electron chi connectivity index (χ0n) is 14.9. The first kappa shape index (κ1) is 19.3. The van der Waals surface area contributed by atoms with Crippen molar-refractivity contribution >= 4 is 12.9 Å². The van der Waals surface area contributed by atoms with Crippen LogP contribution >= 0.6 is 0 Å². The van der Waals surface area contributed by atoms with Crippen LogP contribution in [0.15, 0.2) is 9.98 Å². The van der Waals surface area contributed by atoms with Gasteiger partial charge in [0.15, 0.2) is 0 Å². The summed E-state index contributed by atoms with van der Waals surface area (Å²) < 4.78 is 0. The van der Waals surface area contributed by atoms with Gasteiger partial charge >= 0.3 is 0 Å². The number of rotatable bonds is 10. The molecule has 0 aliphatic rings. The fourth-order valence-electron chi connectivity index (χ4n) is 2.59. The van der Waals surface area contributed by atoms with Gasteiger partial charge in [0.1, 0.15) is 0 Å². The summed E-state index contributed by atoms with van der Waals surface area (Å²) >= 11 is 0. The summed E-state index contributed by atoms with van der Waals surface area (Å²) in [5.74, 6) is 1.31. The molecular weight excluding hydrogens is 244 g/mol. The molecule has 0 rings (SSSR count). The molecule has 0 aromatic heterocycles. The van der Waals surface area contributed by atoms with Gasteiger partial charge in [-0.3, -0.25) is 9.98 Å². The molecule has 0 aromatic carbocycles. The van der Waals surface area contributed by atoms with E-state index >= 15 is 0 Å². The smallest absolute Gasteiger partial charge is 0.0573 e. The number of aliphatic imine (C=N–C) groups is 2. The van der Waals surface area contributed by atoms with Crippen molar-refractivity contribution in [2.45, 2.75) is 91.6 Å². The molecule has 20 heavy (non-hydrogen) atoms. The molecule has 2 heteroatoms. The van der Waals surface area contributed by atoms with Gasteiger partial charge in [0.2, 0.25) is 0 Å². The van der Waals surface area contributed by atoms with Crippen LogP contribution in [0.5, 0.6) is 0 Å². The minimum atomic E-state index is 0.00543. The standard InChI is InChI=1S/C18H36N2/c1-9-11-16(3)18(6,7)20-13-10-12-15(2)14-17(4,5)19-8/h13,15-16H,8-12,14H2,1-7H3. The fraction of sp³-hybridized carbons (Fsp3) is 0.889. The molecule has 0 aliphatic heterocycles.